The molecule has 1 amide bonds. The average Bonchev–Trinajstić information content (AvgIpc) is 3.39. The Hall–Kier alpha value is -2.92. The number of alkyl halides is 5. The molecule has 1 aliphatic carbocycles. The van der Waals surface area contributed by atoms with Crippen LogP contribution in [0.1, 0.15) is 48.1 Å². The van der Waals surface area contributed by atoms with Crippen molar-refractivity contribution >= 4 is 11.6 Å². The molecule has 0 aromatic carbocycles. The van der Waals surface area contributed by atoms with Crippen molar-refractivity contribution < 1.29 is 31.5 Å². The van der Waals surface area contributed by atoms with Crippen LogP contribution in [0.5, 0.6) is 5.75 Å². The van der Waals surface area contributed by atoms with Gasteiger partial charge in [0, 0.05) is 11.8 Å². The molecule has 2 fully saturated rings. The standard InChI is InChI=1S/C21H24F5N5O2/c1-12-5-17(30-29-12)19(2,7-13-3-4-13)28-18(32)14-6-16(33-11-21(24,25)26)15(8-27-14)31-9-20(22,23)10-31/h5-6,8,13H,3-4,7,9-11H2,1-2H3,(H,28,32)(H,29,30)/t19-/m0/s1. The summed E-state index contributed by atoms with van der Waals surface area (Å²) in [5, 5.41) is 10.0. The minimum atomic E-state index is -4.64. The van der Waals surface area contributed by atoms with Crippen molar-refractivity contribution in [3.63, 3.8) is 0 Å². The minimum absolute atomic E-state index is 0.0228. The first-order valence-electron chi connectivity index (χ1n) is 10.5. The highest BCUT2D eigenvalue weighted by atomic mass is 19.4. The summed E-state index contributed by atoms with van der Waals surface area (Å²) in [5.74, 6) is -3.47. The zero-order valence-electron chi connectivity index (χ0n) is 18.1. The lowest BCUT2D eigenvalue weighted by atomic mass is 9.90. The molecule has 12 heteroatoms. The number of aryl methyl sites for hydroxylation is 1. The van der Waals surface area contributed by atoms with Crippen molar-refractivity contribution in [1.82, 2.24) is 20.5 Å². The van der Waals surface area contributed by atoms with Gasteiger partial charge in [0.25, 0.3) is 11.8 Å². The zero-order chi connectivity index (χ0) is 24.0. The molecule has 1 saturated carbocycles. The summed E-state index contributed by atoms with van der Waals surface area (Å²) < 4.78 is 69.6. The van der Waals surface area contributed by atoms with Gasteiger partial charge in [0.1, 0.15) is 11.4 Å². The van der Waals surface area contributed by atoms with E-state index in [4.69, 9.17) is 4.74 Å². The van der Waals surface area contributed by atoms with Crippen LogP contribution in [-0.2, 0) is 5.54 Å². The molecule has 1 saturated heterocycles. The van der Waals surface area contributed by atoms with Crippen LogP contribution in [0, 0.1) is 12.8 Å². The number of hydrogen-bond acceptors (Lipinski definition) is 5. The van der Waals surface area contributed by atoms with Crippen LogP contribution in [0.4, 0.5) is 27.6 Å². The van der Waals surface area contributed by atoms with Gasteiger partial charge in [-0.05, 0) is 32.3 Å². The van der Waals surface area contributed by atoms with E-state index in [1.807, 2.05) is 19.9 Å². The van der Waals surface area contributed by atoms with E-state index in [1.54, 1.807) is 0 Å². The van der Waals surface area contributed by atoms with Crippen molar-refractivity contribution in [3.05, 3.63) is 35.4 Å². The lowest BCUT2D eigenvalue weighted by Gasteiger charge is -2.40. The van der Waals surface area contributed by atoms with Crippen LogP contribution < -0.4 is 15.0 Å². The maximum atomic E-state index is 13.3. The summed E-state index contributed by atoms with van der Waals surface area (Å²) in [6.07, 6.45) is -0.827. The number of nitrogens with one attached hydrogen (secondary N) is 2. The van der Waals surface area contributed by atoms with Gasteiger partial charge in [-0.3, -0.25) is 9.89 Å². The third kappa shape index (κ3) is 5.53. The van der Waals surface area contributed by atoms with Gasteiger partial charge in [0.15, 0.2) is 6.61 Å². The number of pyridine rings is 1. The van der Waals surface area contributed by atoms with Crippen molar-refractivity contribution in [1.29, 1.82) is 0 Å². The molecular weight excluding hydrogens is 449 g/mol. The SMILES string of the molecule is Cc1cc([C@](C)(CC2CC2)NC(=O)c2cc(OCC(F)(F)F)c(N3CC(F)(F)C3)cn2)n[nH]1. The molecule has 1 aliphatic heterocycles. The van der Waals surface area contributed by atoms with E-state index in [2.05, 4.69) is 20.5 Å². The molecule has 3 heterocycles. The molecule has 1 atom stereocenters. The van der Waals surface area contributed by atoms with Gasteiger partial charge < -0.3 is 15.0 Å². The summed E-state index contributed by atoms with van der Waals surface area (Å²) in [7, 11) is 0. The van der Waals surface area contributed by atoms with Gasteiger partial charge in [-0.25, -0.2) is 13.8 Å². The Morgan fingerprint density at radius 3 is 2.55 bits per heavy atom. The molecule has 0 spiro atoms. The summed E-state index contributed by atoms with van der Waals surface area (Å²) in [6, 6.07) is 2.88. The third-order valence-electron chi connectivity index (χ3n) is 5.71. The molecule has 0 bridgehead atoms. The maximum absolute atomic E-state index is 13.3. The summed E-state index contributed by atoms with van der Waals surface area (Å²) in [6.45, 7) is 0.707. The van der Waals surface area contributed by atoms with Crippen LogP contribution >= 0.6 is 0 Å². The molecule has 0 radical (unpaired) electrons. The number of amides is 1. The molecule has 7 nitrogen and oxygen atoms in total. The predicted octanol–water partition coefficient (Wildman–Crippen LogP) is 3.95. The monoisotopic (exact) mass is 473 g/mol. The molecule has 2 aromatic rings. The number of halogens is 5. The van der Waals surface area contributed by atoms with Gasteiger partial charge >= 0.3 is 6.18 Å². The van der Waals surface area contributed by atoms with Crippen LogP contribution in [0.3, 0.4) is 0 Å². The lowest BCUT2D eigenvalue weighted by molar-refractivity contribution is -0.153. The number of aromatic amines is 1. The van der Waals surface area contributed by atoms with Crippen molar-refractivity contribution in [2.24, 2.45) is 5.92 Å². The molecule has 33 heavy (non-hydrogen) atoms. The van der Waals surface area contributed by atoms with Crippen LogP contribution in [0.2, 0.25) is 0 Å². The Balaban J connectivity index is 1.58. The van der Waals surface area contributed by atoms with Crippen LogP contribution in [0.25, 0.3) is 0 Å². The lowest BCUT2D eigenvalue weighted by Crippen LogP contribution is -2.56. The molecule has 180 valence electrons. The molecule has 2 N–H and O–H groups in total. The minimum Gasteiger partial charge on any atom is -0.482 e. The van der Waals surface area contributed by atoms with E-state index < -0.39 is 43.2 Å². The normalized spacial score (nSPS) is 19.5. The van der Waals surface area contributed by atoms with Gasteiger partial charge in [-0.2, -0.15) is 18.3 Å². The quantitative estimate of drug-likeness (QED) is 0.568. The Morgan fingerprint density at radius 1 is 1.30 bits per heavy atom. The van der Waals surface area contributed by atoms with Crippen molar-refractivity contribution in [2.45, 2.75) is 50.7 Å². The number of H-pyrrole nitrogens is 1. The molecule has 0 unspecified atom stereocenters. The second-order valence-corrected chi connectivity index (χ2v) is 9.02. The van der Waals surface area contributed by atoms with Gasteiger partial charge in [0.2, 0.25) is 0 Å². The highest BCUT2D eigenvalue weighted by Gasteiger charge is 2.45. The number of hydrogen-bond donors (Lipinski definition) is 2. The number of carbonyl (C=O) groups is 1. The zero-order valence-corrected chi connectivity index (χ0v) is 18.1. The molecule has 2 aliphatic rings. The third-order valence-corrected chi connectivity index (χ3v) is 5.71. The Labute approximate surface area is 186 Å². The number of anilines is 1. The first-order valence-corrected chi connectivity index (χ1v) is 10.5. The number of carbonyl (C=O) groups excluding carboxylic acids is 1. The summed E-state index contributed by atoms with van der Waals surface area (Å²) in [5.41, 5.74) is 0.421. The van der Waals surface area contributed by atoms with Crippen LogP contribution in [0.15, 0.2) is 18.3 Å². The fourth-order valence-corrected chi connectivity index (χ4v) is 3.88. The van der Waals surface area contributed by atoms with E-state index in [9.17, 15) is 26.7 Å². The maximum Gasteiger partial charge on any atom is 0.422 e. The van der Waals surface area contributed by atoms with Crippen molar-refractivity contribution in [2.75, 3.05) is 24.6 Å². The highest BCUT2D eigenvalue weighted by molar-refractivity contribution is 5.93. The van der Waals surface area contributed by atoms with E-state index >= 15 is 0 Å². The Morgan fingerprint density at radius 2 is 2.00 bits per heavy atom. The van der Waals surface area contributed by atoms with Gasteiger partial charge in [-0.15, -0.1) is 0 Å². The first kappa shape index (κ1) is 23.2. The van der Waals surface area contributed by atoms with Gasteiger partial charge in [0.05, 0.1) is 36.2 Å². The second kappa shape index (κ2) is 8.14. The van der Waals surface area contributed by atoms with Gasteiger partial charge in [-0.1, -0.05) is 12.8 Å². The largest absolute Gasteiger partial charge is 0.482 e. The first-order chi connectivity index (χ1) is 15.3. The van der Waals surface area contributed by atoms with Crippen molar-refractivity contribution in [3.8, 4) is 5.75 Å². The topological polar surface area (TPSA) is 83.1 Å². The number of aromatic nitrogens is 3. The van der Waals surface area contributed by atoms with E-state index in [1.165, 1.54) is 0 Å². The van der Waals surface area contributed by atoms with Crippen LogP contribution in [-0.4, -0.2) is 52.9 Å². The fourth-order valence-electron chi connectivity index (χ4n) is 3.88. The van der Waals surface area contributed by atoms with E-state index in [0.717, 1.165) is 35.7 Å². The Kier molecular flexibility index (Phi) is 5.73. The summed E-state index contributed by atoms with van der Waals surface area (Å²) >= 11 is 0. The average molecular weight is 473 g/mol. The highest BCUT2D eigenvalue weighted by Crippen LogP contribution is 2.41. The summed E-state index contributed by atoms with van der Waals surface area (Å²) in [4.78, 5) is 18.2. The molecular formula is C21H24F5N5O2. The Bertz CT molecular complexity index is 1030. The number of rotatable bonds is 8. The van der Waals surface area contributed by atoms with E-state index in [-0.39, 0.29) is 17.1 Å². The smallest absolute Gasteiger partial charge is 0.422 e. The van der Waals surface area contributed by atoms with E-state index in [0.29, 0.717) is 18.0 Å². The predicted molar refractivity (Wildman–Crippen MR) is 108 cm³/mol. The number of ether oxygens (including phenoxy) is 1. The number of nitrogens with zero attached hydrogens (tertiary/aromatic N) is 3. The fraction of sp³-hybridized carbons (Fsp3) is 0.571. The molecule has 2 aromatic heterocycles. The second-order valence-electron chi connectivity index (χ2n) is 9.02. The molecule has 4 rings (SSSR count).